The van der Waals surface area contributed by atoms with Crippen molar-refractivity contribution in [2.75, 3.05) is 6.54 Å². The highest BCUT2D eigenvalue weighted by atomic mass is 16.1. The van der Waals surface area contributed by atoms with E-state index in [9.17, 15) is 4.79 Å². The normalized spacial score (nSPS) is 18.1. The third-order valence-electron chi connectivity index (χ3n) is 4.98. The molecule has 0 aliphatic heterocycles. The molecule has 0 atom stereocenters. The van der Waals surface area contributed by atoms with Crippen molar-refractivity contribution in [3.05, 3.63) is 0 Å². The van der Waals surface area contributed by atoms with Crippen LogP contribution >= 0.6 is 0 Å². The molecule has 0 bridgehead atoms. The van der Waals surface area contributed by atoms with Crippen molar-refractivity contribution in [1.82, 2.24) is 0 Å². The van der Waals surface area contributed by atoms with Crippen LogP contribution in [0.15, 0.2) is 0 Å². The highest BCUT2D eigenvalue weighted by Crippen LogP contribution is 2.38. The molecule has 2 N–H and O–H groups in total. The lowest BCUT2D eigenvalue weighted by atomic mass is 9.70. The number of rotatable bonds is 11. The summed E-state index contributed by atoms with van der Waals surface area (Å²) in [7, 11) is 0. The molecule has 1 fully saturated rings. The van der Waals surface area contributed by atoms with Gasteiger partial charge in [-0.25, -0.2) is 0 Å². The zero-order valence-electron chi connectivity index (χ0n) is 13.6. The Morgan fingerprint density at radius 1 is 0.950 bits per heavy atom. The number of Topliss-reactive ketones (excluding diaryl/α,β-unsaturated/α-hetero) is 1. The molecule has 20 heavy (non-hydrogen) atoms. The van der Waals surface area contributed by atoms with Crippen molar-refractivity contribution >= 4 is 5.78 Å². The van der Waals surface area contributed by atoms with Gasteiger partial charge in [0.1, 0.15) is 5.78 Å². The first-order valence-electron chi connectivity index (χ1n) is 8.94. The number of carbonyl (C=O) groups is 1. The van der Waals surface area contributed by atoms with E-state index in [2.05, 4.69) is 6.92 Å². The molecule has 0 unspecified atom stereocenters. The lowest BCUT2D eigenvalue weighted by Gasteiger charge is -2.35. The second kappa shape index (κ2) is 10.4. The Morgan fingerprint density at radius 3 is 2.15 bits per heavy atom. The molecule has 1 aliphatic rings. The van der Waals surface area contributed by atoms with Crippen molar-refractivity contribution in [2.45, 2.75) is 96.8 Å². The molecule has 0 spiro atoms. The molecule has 0 saturated heterocycles. The van der Waals surface area contributed by atoms with Crippen LogP contribution in [0.4, 0.5) is 0 Å². The van der Waals surface area contributed by atoms with Crippen LogP contribution in [-0.2, 0) is 4.79 Å². The molecule has 0 amide bonds. The Labute approximate surface area is 125 Å². The van der Waals surface area contributed by atoms with Crippen LogP contribution in [0.5, 0.6) is 0 Å². The van der Waals surface area contributed by atoms with Gasteiger partial charge in [-0.2, -0.15) is 0 Å². The van der Waals surface area contributed by atoms with Crippen LogP contribution in [0.3, 0.4) is 0 Å². The number of unbranched alkanes of at least 4 members (excludes halogenated alkanes) is 6. The summed E-state index contributed by atoms with van der Waals surface area (Å²) in [4.78, 5) is 12.2. The fourth-order valence-electron chi connectivity index (χ4n) is 3.54. The minimum absolute atomic E-state index is 0.163. The highest BCUT2D eigenvalue weighted by Gasteiger charge is 2.32. The van der Waals surface area contributed by atoms with Gasteiger partial charge in [-0.05, 0) is 31.2 Å². The second-order valence-electron chi connectivity index (χ2n) is 6.85. The highest BCUT2D eigenvalue weighted by molar-refractivity contribution is 5.79. The number of ketones is 1. The Balaban J connectivity index is 2.10. The van der Waals surface area contributed by atoms with Crippen LogP contribution < -0.4 is 5.73 Å². The zero-order chi connectivity index (χ0) is 14.7. The van der Waals surface area contributed by atoms with Gasteiger partial charge >= 0.3 is 0 Å². The van der Waals surface area contributed by atoms with E-state index in [1.54, 1.807) is 0 Å². The molecule has 118 valence electrons. The molecule has 1 saturated carbocycles. The van der Waals surface area contributed by atoms with Gasteiger partial charge in [0.15, 0.2) is 0 Å². The zero-order valence-corrected chi connectivity index (χ0v) is 13.6. The van der Waals surface area contributed by atoms with Gasteiger partial charge in [0.05, 0.1) is 0 Å². The summed E-state index contributed by atoms with van der Waals surface area (Å²) in [5.74, 6) is 0.464. The fourth-order valence-corrected chi connectivity index (χ4v) is 3.54. The molecule has 0 aromatic rings. The minimum Gasteiger partial charge on any atom is -0.330 e. The largest absolute Gasteiger partial charge is 0.330 e. The first kappa shape index (κ1) is 17.7. The van der Waals surface area contributed by atoms with Gasteiger partial charge in [0.25, 0.3) is 0 Å². The van der Waals surface area contributed by atoms with Crippen LogP contribution in [0.2, 0.25) is 0 Å². The van der Waals surface area contributed by atoms with Crippen molar-refractivity contribution in [3.63, 3.8) is 0 Å². The number of hydrogen-bond donors (Lipinski definition) is 1. The van der Waals surface area contributed by atoms with E-state index in [1.165, 1.54) is 70.6 Å². The summed E-state index contributed by atoms with van der Waals surface area (Å²) in [5.41, 5.74) is 6.12. The molecular formula is C18H35NO. The van der Waals surface area contributed by atoms with E-state index in [1.807, 2.05) is 0 Å². The summed E-state index contributed by atoms with van der Waals surface area (Å²) in [5, 5.41) is 0. The number of hydrogen-bond acceptors (Lipinski definition) is 2. The maximum Gasteiger partial charge on any atom is 0.133 e. The molecule has 2 nitrogen and oxygen atoms in total. The van der Waals surface area contributed by atoms with Gasteiger partial charge in [-0.15, -0.1) is 0 Å². The first-order chi connectivity index (χ1) is 9.72. The van der Waals surface area contributed by atoms with E-state index in [0.717, 1.165) is 19.3 Å². The quantitative estimate of drug-likeness (QED) is 0.542. The summed E-state index contributed by atoms with van der Waals surface area (Å²) < 4.78 is 0. The van der Waals surface area contributed by atoms with Gasteiger partial charge in [0, 0.05) is 12.8 Å². The molecule has 1 aliphatic carbocycles. The van der Waals surface area contributed by atoms with Gasteiger partial charge < -0.3 is 5.73 Å². The maximum atomic E-state index is 12.2. The Bertz CT molecular complexity index is 256. The van der Waals surface area contributed by atoms with Crippen molar-refractivity contribution in [1.29, 1.82) is 0 Å². The van der Waals surface area contributed by atoms with Crippen LogP contribution in [0, 0.1) is 5.41 Å². The van der Waals surface area contributed by atoms with E-state index in [0.29, 0.717) is 12.3 Å². The Kier molecular flexibility index (Phi) is 9.17. The number of carbonyl (C=O) groups excluding carboxylic acids is 1. The minimum atomic E-state index is 0.163. The molecule has 0 aromatic carbocycles. The average Bonchev–Trinajstić information content (AvgIpc) is 2.47. The Hall–Kier alpha value is -0.370. The second-order valence-corrected chi connectivity index (χ2v) is 6.85. The van der Waals surface area contributed by atoms with E-state index in [-0.39, 0.29) is 5.41 Å². The smallest absolute Gasteiger partial charge is 0.133 e. The van der Waals surface area contributed by atoms with E-state index < -0.39 is 0 Å². The van der Waals surface area contributed by atoms with E-state index in [4.69, 9.17) is 5.73 Å². The third kappa shape index (κ3) is 6.88. The lowest BCUT2D eigenvalue weighted by Crippen LogP contribution is -2.35. The van der Waals surface area contributed by atoms with Gasteiger partial charge in [-0.3, -0.25) is 4.79 Å². The summed E-state index contributed by atoms with van der Waals surface area (Å²) in [6, 6.07) is 0. The fraction of sp³-hybridized carbons (Fsp3) is 0.944. The summed E-state index contributed by atoms with van der Waals surface area (Å²) in [6.07, 6.45) is 16.7. The van der Waals surface area contributed by atoms with Crippen molar-refractivity contribution in [3.8, 4) is 0 Å². The van der Waals surface area contributed by atoms with Crippen LogP contribution in [-0.4, -0.2) is 12.3 Å². The molecule has 0 radical (unpaired) electrons. The SMILES string of the molecule is CCCCCCCCCC(=O)CC1(CN)CCCCC1. The van der Waals surface area contributed by atoms with Crippen molar-refractivity contribution in [2.24, 2.45) is 11.1 Å². The predicted molar refractivity (Wildman–Crippen MR) is 86.8 cm³/mol. The monoisotopic (exact) mass is 281 g/mol. The molecule has 0 heterocycles. The molecule has 0 aromatic heterocycles. The van der Waals surface area contributed by atoms with Crippen LogP contribution in [0.25, 0.3) is 0 Å². The maximum absolute atomic E-state index is 12.2. The topological polar surface area (TPSA) is 43.1 Å². The van der Waals surface area contributed by atoms with Gasteiger partial charge in [-0.1, -0.05) is 64.7 Å². The molecular weight excluding hydrogens is 246 g/mol. The summed E-state index contributed by atoms with van der Waals surface area (Å²) in [6.45, 7) is 2.95. The van der Waals surface area contributed by atoms with Gasteiger partial charge in [0.2, 0.25) is 0 Å². The van der Waals surface area contributed by atoms with Crippen LogP contribution in [0.1, 0.15) is 96.8 Å². The first-order valence-corrected chi connectivity index (χ1v) is 8.94. The Morgan fingerprint density at radius 2 is 1.55 bits per heavy atom. The standard InChI is InChI=1S/C18H35NO/c1-2-3-4-5-6-7-9-12-17(20)15-18(16-19)13-10-8-11-14-18/h2-16,19H2,1H3. The third-order valence-corrected chi connectivity index (χ3v) is 4.98. The van der Waals surface area contributed by atoms with E-state index >= 15 is 0 Å². The molecule has 2 heteroatoms. The molecule has 1 rings (SSSR count). The predicted octanol–water partition coefficient (Wildman–Crippen LogP) is 5.00. The van der Waals surface area contributed by atoms with Crippen molar-refractivity contribution < 1.29 is 4.79 Å². The summed E-state index contributed by atoms with van der Waals surface area (Å²) >= 11 is 0. The lowest BCUT2D eigenvalue weighted by molar-refractivity contribution is -0.121. The average molecular weight is 281 g/mol. The number of nitrogens with two attached hydrogens (primary N) is 1.